The fourth-order valence-corrected chi connectivity index (χ4v) is 3.15. The molecule has 12 heteroatoms. The molecule has 0 aromatic rings. The van der Waals surface area contributed by atoms with Crippen LogP contribution in [0.25, 0.3) is 0 Å². The standard InChI is InChI=1S/C22H27F6N5.C9H11F.C2H6/c1-5-8-30-16(4)31-10-9-29-14-19(11-15(2)3)33-32-13-17-6-7-18(21(23,24)25)12-20(17)22(26,27)28;1-3-5-6-8-9(10)7-4-2;1-2/h5,7-13,17,19,29,33H,1,6,14H2,2-4H3;3-4,7,9H,1,5H2,2H3;1-2H3/b10-9+,30-8?,31-16?,32-13+;7-4-;. The molecule has 0 fully saturated rings. The van der Waals surface area contributed by atoms with Gasteiger partial charge in [0, 0.05) is 49.3 Å². The van der Waals surface area contributed by atoms with Crippen molar-refractivity contribution >= 4 is 18.3 Å². The maximum atomic E-state index is 13.3. The third kappa shape index (κ3) is 22.1. The number of hydrazone groups is 1. The molecule has 0 amide bonds. The lowest BCUT2D eigenvalue weighted by atomic mass is 9.88. The molecule has 0 spiro atoms. The molecule has 2 N–H and O–H groups in total. The molecule has 1 rings (SSSR count). The second-order valence-corrected chi connectivity index (χ2v) is 9.01. The molecule has 45 heavy (non-hydrogen) atoms. The van der Waals surface area contributed by atoms with Crippen molar-refractivity contribution < 1.29 is 30.7 Å². The van der Waals surface area contributed by atoms with E-state index in [0.29, 0.717) is 18.8 Å². The van der Waals surface area contributed by atoms with Gasteiger partial charge in [0.05, 0.1) is 11.6 Å². The molecule has 0 saturated heterocycles. The first-order valence-electron chi connectivity index (χ1n) is 14.1. The minimum atomic E-state index is -4.90. The van der Waals surface area contributed by atoms with Crippen LogP contribution >= 0.6 is 0 Å². The van der Waals surface area contributed by atoms with Gasteiger partial charge in [-0.05, 0) is 46.3 Å². The summed E-state index contributed by atoms with van der Waals surface area (Å²) in [5.74, 6) is 4.23. The summed E-state index contributed by atoms with van der Waals surface area (Å²) < 4.78 is 90.7. The third-order valence-corrected chi connectivity index (χ3v) is 4.99. The van der Waals surface area contributed by atoms with Crippen LogP contribution in [0.5, 0.6) is 0 Å². The molecule has 3 unspecified atom stereocenters. The van der Waals surface area contributed by atoms with Crippen molar-refractivity contribution in [3.63, 3.8) is 0 Å². The SMILES string of the molecule is C=CC=NC(C)=N/C=C/NCC(C=C(C)C)N/N=C/C1CC=C(C(F)(F)F)C=C1C(F)(F)F.C=CCC#CC(F)/C=C\C.CC. The van der Waals surface area contributed by atoms with Crippen LogP contribution in [-0.2, 0) is 0 Å². The highest BCUT2D eigenvalue weighted by molar-refractivity contribution is 5.90. The van der Waals surface area contributed by atoms with Gasteiger partial charge in [0.2, 0.25) is 0 Å². The summed E-state index contributed by atoms with van der Waals surface area (Å²) in [4.78, 5) is 8.04. The number of hydrogen-bond acceptors (Lipinski definition) is 4. The van der Waals surface area contributed by atoms with Crippen molar-refractivity contribution in [1.29, 1.82) is 0 Å². The van der Waals surface area contributed by atoms with Gasteiger partial charge in [-0.15, -0.1) is 6.58 Å². The number of rotatable bonds is 11. The minimum absolute atomic E-state index is 0.141. The molecule has 3 atom stereocenters. The zero-order chi connectivity index (χ0) is 34.9. The molecule has 0 aromatic carbocycles. The van der Waals surface area contributed by atoms with Gasteiger partial charge in [0.1, 0.15) is 5.84 Å². The molecular weight excluding hydrogens is 599 g/mol. The zero-order valence-corrected chi connectivity index (χ0v) is 26.6. The molecule has 0 aromatic heterocycles. The average Bonchev–Trinajstić information content (AvgIpc) is 2.96. The molecule has 1 aliphatic rings. The summed E-state index contributed by atoms with van der Waals surface area (Å²) >= 11 is 0. The van der Waals surface area contributed by atoms with E-state index in [0.717, 1.165) is 17.9 Å². The number of halogens is 7. The summed E-state index contributed by atoms with van der Waals surface area (Å²) in [6.45, 7) is 18.4. The molecule has 1 aliphatic carbocycles. The number of aliphatic imine (C=N–C) groups is 2. The lowest BCUT2D eigenvalue weighted by molar-refractivity contribution is -0.101. The van der Waals surface area contributed by atoms with E-state index in [1.807, 2.05) is 33.8 Å². The Morgan fingerprint density at radius 2 is 1.78 bits per heavy atom. The zero-order valence-electron chi connectivity index (χ0n) is 26.6. The second-order valence-electron chi connectivity index (χ2n) is 9.01. The monoisotopic (exact) mass is 643 g/mol. The molecule has 0 saturated carbocycles. The number of hydrogen-bond donors (Lipinski definition) is 2. The molecule has 250 valence electrons. The predicted octanol–water partition coefficient (Wildman–Crippen LogP) is 9.14. The first-order chi connectivity index (χ1) is 21.1. The Labute approximate surface area is 263 Å². The maximum absolute atomic E-state index is 13.3. The molecule has 0 aliphatic heterocycles. The smallest absolute Gasteiger partial charge is 0.387 e. The Balaban J connectivity index is 0. The van der Waals surface area contributed by atoms with Crippen molar-refractivity contribution in [2.24, 2.45) is 21.0 Å². The van der Waals surface area contributed by atoms with Crippen LogP contribution < -0.4 is 10.7 Å². The molecule has 0 heterocycles. The Kier molecular flexibility index (Phi) is 23.1. The van der Waals surface area contributed by atoms with Crippen molar-refractivity contribution in [2.75, 3.05) is 6.54 Å². The number of amidine groups is 1. The predicted molar refractivity (Wildman–Crippen MR) is 174 cm³/mol. The van der Waals surface area contributed by atoms with Crippen LogP contribution in [-0.4, -0.2) is 49.4 Å². The van der Waals surface area contributed by atoms with Crippen LogP contribution in [0.3, 0.4) is 0 Å². The normalized spacial score (nSPS) is 16.7. The van der Waals surface area contributed by atoms with E-state index in [1.54, 1.807) is 32.2 Å². The van der Waals surface area contributed by atoms with E-state index in [4.69, 9.17) is 0 Å². The number of alkyl halides is 7. The van der Waals surface area contributed by atoms with Gasteiger partial charge in [-0.25, -0.2) is 14.4 Å². The van der Waals surface area contributed by atoms with Crippen molar-refractivity contribution in [1.82, 2.24) is 10.7 Å². The first-order valence-corrected chi connectivity index (χ1v) is 14.1. The van der Waals surface area contributed by atoms with Crippen molar-refractivity contribution in [3.05, 3.63) is 84.8 Å². The van der Waals surface area contributed by atoms with Crippen LogP contribution in [0.15, 0.2) is 99.9 Å². The van der Waals surface area contributed by atoms with Crippen LogP contribution in [0.4, 0.5) is 30.7 Å². The second kappa shape index (κ2) is 24.2. The highest BCUT2D eigenvalue weighted by Gasteiger charge is 2.43. The highest BCUT2D eigenvalue weighted by atomic mass is 19.4. The van der Waals surface area contributed by atoms with Gasteiger partial charge in [-0.3, -0.25) is 0 Å². The summed E-state index contributed by atoms with van der Waals surface area (Å²) in [5.41, 5.74) is 1.08. The lowest BCUT2D eigenvalue weighted by Crippen LogP contribution is -2.33. The van der Waals surface area contributed by atoms with Crippen molar-refractivity contribution in [2.45, 2.75) is 79.0 Å². The largest absolute Gasteiger partial charge is 0.416 e. The quantitative estimate of drug-likeness (QED) is 0.0589. The van der Waals surface area contributed by atoms with Crippen LogP contribution in [0, 0.1) is 17.8 Å². The van der Waals surface area contributed by atoms with Crippen LogP contribution in [0.1, 0.15) is 54.4 Å². The summed E-state index contributed by atoms with van der Waals surface area (Å²) in [5, 5.41) is 6.85. The Morgan fingerprint density at radius 3 is 2.31 bits per heavy atom. The molecule has 5 nitrogen and oxygen atoms in total. The van der Waals surface area contributed by atoms with Gasteiger partial charge in [0.15, 0.2) is 6.17 Å². The van der Waals surface area contributed by atoms with E-state index in [1.165, 1.54) is 24.6 Å². The fourth-order valence-electron chi connectivity index (χ4n) is 3.15. The highest BCUT2D eigenvalue weighted by Crippen LogP contribution is 2.40. The minimum Gasteiger partial charge on any atom is -0.387 e. The van der Waals surface area contributed by atoms with E-state index < -0.39 is 42.0 Å². The topological polar surface area (TPSA) is 61.1 Å². The average molecular weight is 644 g/mol. The molecule has 0 radical (unpaired) electrons. The van der Waals surface area contributed by atoms with Gasteiger partial charge in [0.25, 0.3) is 0 Å². The molecular formula is C33H44F7N5. The maximum Gasteiger partial charge on any atom is 0.416 e. The Hall–Kier alpha value is -4.14. The van der Waals surface area contributed by atoms with E-state index in [9.17, 15) is 30.7 Å². The summed E-state index contributed by atoms with van der Waals surface area (Å²) in [6.07, 6.45) is 3.70. The molecule has 0 bridgehead atoms. The van der Waals surface area contributed by atoms with Gasteiger partial charge >= 0.3 is 12.4 Å². The number of nitrogens with zero attached hydrogens (tertiary/aromatic N) is 3. The summed E-state index contributed by atoms with van der Waals surface area (Å²) in [7, 11) is 0. The Morgan fingerprint density at radius 1 is 1.11 bits per heavy atom. The van der Waals surface area contributed by atoms with Crippen LogP contribution in [0.2, 0.25) is 0 Å². The summed E-state index contributed by atoms with van der Waals surface area (Å²) in [6, 6.07) is -0.386. The van der Waals surface area contributed by atoms with Gasteiger partial charge in [-0.1, -0.05) is 68.2 Å². The van der Waals surface area contributed by atoms with E-state index >= 15 is 0 Å². The fraction of sp³-hybridized carbons (Fsp3) is 0.424. The Bertz CT molecular complexity index is 1180. The van der Waals surface area contributed by atoms with E-state index in [-0.39, 0.29) is 12.1 Å². The lowest BCUT2D eigenvalue weighted by Gasteiger charge is -2.24. The van der Waals surface area contributed by atoms with Gasteiger partial charge < -0.3 is 10.7 Å². The van der Waals surface area contributed by atoms with Gasteiger partial charge in [-0.2, -0.15) is 31.4 Å². The number of allylic oxidation sites excluding steroid dienone is 9. The van der Waals surface area contributed by atoms with E-state index in [2.05, 4.69) is 50.8 Å². The van der Waals surface area contributed by atoms with Crippen molar-refractivity contribution in [3.8, 4) is 11.8 Å². The number of nitrogens with one attached hydrogen (secondary N) is 2. The first kappa shape index (κ1) is 43.0. The third-order valence-electron chi connectivity index (χ3n) is 4.99.